The first-order chi connectivity index (χ1) is 11.6. The van der Waals surface area contributed by atoms with Gasteiger partial charge in [-0.3, -0.25) is 4.79 Å². The number of fused-ring (bicyclic) bond motifs is 2. The molecular formula is C18H26N2O4. The lowest BCUT2D eigenvalue weighted by molar-refractivity contribution is -0.117. The van der Waals surface area contributed by atoms with Crippen LogP contribution in [0.4, 0.5) is 5.69 Å². The van der Waals surface area contributed by atoms with Gasteiger partial charge >= 0.3 is 0 Å². The van der Waals surface area contributed by atoms with Gasteiger partial charge in [0.1, 0.15) is 0 Å². The minimum absolute atomic E-state index is 0.0376. The predicted molar refractivity (Wildman–Crippen MR) is 92.0 cm³/mol. The molecular weight excluding hydrogens is 308 g/mol. The average Bonchev–Trinajstić information content (AvgIpc) is 2.92. The van der Waals surface area contributed by atoms with Gasteiger partial charge in [0, 0.05) is 36.3 Å². The van der Waals surface area contributed by atoms with Crippen LogP contribution in [0.1, 0.15) is 32.1 Å². The molecule has 132 valence electrons. The number of rotatable bonds is 6. The molecule has 0 aliphatic carbocycles. The van der Waals surface area contributed by atoms with Crippen LogP contribution in [-0.4, -0.2) is 39.3 Å². The molecule has 2 fully saturated rings. The van der Waals surface area contributed by atoms with Crippen LogP contribution in [0.3, 0.4) is 0 Å². The predicted octanol–water partition coefficient (Wildman–Crippen LogP) is 2.57. The minimum atomic E-state index is 0.0376. The quantitative estimate of drug-likeness (QED) is 0.837. The summed E-state index contributed by atoms with van der Waals surface area (Å²) in [5, 5.41) is 6.57. The fourth-order valence-electron chi connectivity index (χ4n) is 3.97. The highest BCUT2D eigenvalue weighted by molar-refractivity contribution is 5.91. The van der Waals surface area contributed by atoms with Crippen molar-refractivity contribution >= 4 is 11.6 Å². The van der Waals surface area contributed by atoms with Crippen molar-refractivity contribution in [3.05, 3.63) is 12.1 Å². The lowest BCUT2D eigenvalue weighted by Crippen LogP contribution is -2.39. The molecule has 0 aromatic heterocycles. The van der Waals surface area contributed by atoms with Crippen LogP contribution >= 0.6 is 0 Å². The monoisotopic (exact) mass is 334 g/mol. The van der Waals surface area contributed by atoms with Gasteiger partial charge in [0.05, 0.1) is 21.3 Å². The molecule has 2 atom stereocenters. The lowest BCUT2D eigenvalue weighted by Gasteiger charge is -2.28. The second-order valence-corrected chi connectivity index (χ2v) is 6.64. The van der Waals surface area contributed by atoms with Crippen LogP contribution < -0.4 is 24.8 Å². The highest BCUT2D eigenvalue weighted by Crippen LogP contribution is 2.40. The van der Waals surface area contributed by atoms with E-state index in [0.29, 0.717) is 47.4 Å². The normalized spacial score (nSPS) is 25.2. The summed E-state index contributed by atoms with van der Waals surface area (Å²) in [6.07, 6.45) is 5.25. The van der Waals surface area contributed by atoms with E-state index in [1.54, 1.807) is 33.5 Å². The number of methoxy groups -OCH3 is 3. The number of anilines is 1. The number of benzene rings is 1. The smallest absolute Gasteiger partial charge is 0.224 e. The third-order valence-corrected chi connectivity index (χ3v) is 4.99. The van der Waals surface area contributed by atoms with Crippen LogP contribution in [0, 0.1) is 5.92 Å². The van der Waals surface area contributed by atoms with Gasteiger partial charge in [-0.25, -0.2) is 0 Å². The van der Waals surface area contributed by atoms with Crippen molar-refractivity contribution < 1.29 is 19.0 Å². The molecule has 3 rings (SSSR count). The second kappa shape index (κ2) is 7.30. The molecule has 24 heavy (non-hydrogen) atoms. The summed E-state index contributed by atoms with van der Waals surface area (Å²) in [5.41, 5.74) is 0.659. The number of nitrogens with one attached hydrogen (secondary N) is 2. The SMILES string of the molecule is COc1cc(NC(=O)CC2CC3CCC(C2)N3)cc(OC)c1OC. The number of piperidine rings is 1. The Hall–Kier alpha value is -1.95. The van der Waals surface area contributed by atoms with Gasteiger partial charge in [0.25, 0.3) is 0 Å². The van der Waals surface area contributed by atoms with Crippen molar-refractivity contribution in [2.24, 2.45) is 5.92 Å². The highest BCUT2D eigenvalue weighted by atomic mass is 16.5. The maximum absolute atomic E-state index is 12.4. The van der Waals surface area contributed by atoms with E-state index in [1.807, 2.05) is 0 Å². The van der Waals surface area contributed by atoms with E-state index in [1.165, 1.54) is 12.8 Å². The highest BCUT2D eigenvalue weighted by Gasteiger charge is 2.34. The molecule has 0 saturated carbocycles. The first-order valence-electron chi connectivity index (χ1n) is 8.48. The van der Waals surface area contributed by atoms with Crippen LogP contribution in [0.5, 0.6) is 17.2 Å². The van der Waals surface area contributed by atoms with E-state index in [4.69, 9.17) is 14.2 Å². The Labute approximate surface area is 142 Å². The molecule has 1 amide bonds. The fraction of sp³-hybridized carbons (Fsp3) is 0.611. The summed E-state index contributed by atoms with van der Waals surface area (Å²) in [6, 6.07) is 4.71. The first-order valence-corrected chi connectivity index (χ1v) is 8.48. The van der Waals surface area contributed by atoms with E-state index in [0.717, 1.165) is 12.8 Å². The molecule has 2 unspecified atom stereocenters. The maximum atomic E-state index is 12.4. The molecule has 2 aliphatic rings. The van der Waals surface area contributed by atoms with E-state index in [9.17, 15) is 4.79 Å². The standard InChI is InChI=1S/C18H26N2O4/c1-22-15-9-14(10-16(23-2)18(15)24-3)20-17(21)8-11-6-12-4-5-13(7-11)19-12/h9-13,19H,4-8H2,1-3H3,(H,20,21). The first kappa shape index (κ1) is 16.9. The summed E-state index contributed by atoms with van der Waals surface area (Å²) in [7, 11) is 4.69. The van der Waals surface area contributed by atoms with Crippen molar-refractivity contribution in [2.45, 2.75) is 44.2 Å². The van der Waals surface area contributed by atoms with E-state index in [-0.39, 0.29) is 5.91 Å². The largest absolute Gasteiger partial charge is 0.493 e. The molecule has 1 aromatic carbocycles. The Morgan fingerprint density at radius 3 is 2.17 bits per heavy atom. The van der Waals surface area contributed by atoms with Gasteiger partial charge in [-0.2, -0.15) is 0 Å². The molecule has 2 heterocycles. The molecule has 1 aromatic rings. The molecule has 2 saturated heterocycles. The number of amides is 1. The number of ether oxygens (including phenoxy) is 3. The zero-order valence-corrected chi connectivity index (χ0v) is 14.6. The third-order valence-electron chi connectivity index (χ3n) is 4.99. The van der Waals surface area contributed by atoms with Crippen molar-refractivity contribution in [1.29, 1.82) is 0 Å². The summed E-state index contributed by atoms with van der Waals surface area (Å²) in [4.78, 5) is 12.4. The molecule has 6 heteroatoms. The zero-order chi connectivity index (χ0) is 17.1. The summed E-state index contributed by atoms with van der Waals surface area (Å²) in [5.74, 6) is 2.09. The fourth-order valence-corrected chi connectivity index (χ4v) is 3.97. The molecule has 0 radical (unpaired) electrons. The molecule has 2 N–H and O–H groups in total. The Morgan fingerprint density at radius 2 is 1.67 bits per heavy atom. The Morgan fingerprint density at radius 1 is 1.08 bits per heavy atom. The Balaban J connectivity index is 1.65. The van der Waals surface area contributed by atoms with Crippen LogP contribution in [0.25, 0.3) is 0 Å². The summed E-state index contributed by atoms with van der Waals surface area (Å²) >= 11 is 0. The number of carbonyl (C=O) groups excluding carboxylic acids is 1. The number of hydrogen-bond acceptors (Lipinski definition) is 5. The summed E-state index contributed by atoms with van der Waals surface area (Å²) in [6.45, 7) is 0. The van der Waals surface area contributed by atoms with Crippen LogP contribution in [0.2, 0.25) is 0 Å². The van der Waals surface area contributed by atoms with Gasteiger partial charge in [0.2, 0.25) is 11.7 Å². The van der Waals surface area contributed by atoms with E-state index in [2.05, 4.69) is 10.6 Å². The van der Waals surface area contributed by atoms with E-state index < -0.39 is 0 Å². The minimum Gasteiger partial charge on any atom is -0.493 e. The van der Waals surface area contributed by atoms with E-state index >= 15 is 0 Å². The van der Waals surface area contributed by atoms with Gasteiger partial charge in [0.15, 0.2) is 11.5 Å². The van der Waals surface area contributed by atoms with Crippen LogP contribution in [-0.2, 0) is 4.79 Å². The molecule has 0 spiro atoms. The Bertz CT molecular complexity index is 568. The van der Waals surface area contributed by atoms with Gasteiger partial charge in [-0.15, -0.1) is 0 Å². The van der Waals surface area contributed by atoms with Gasteiger partial charge in [-0.05, 0) is 31.6 Å². The topological polar surface area (TPSA) is 68.8 Å². The van der Waals surface area contributed by atoms with Gasteiger partial charge in [-0.1, -0.05) is 0 Å². The second-order valence-electron chi connectivity index (χ2n) is 6.64. The number of carbonyl (C=O) groups is 1. The van der Waals surface area contributed by atoms with Crippen molar-refractivity contribution in [1.82, 2.24) is 5.32 Å². The van der Waals surface area contributed by atoms with Crippen molar-refractivity contribution in [2.75, 3.05) is 26.6 Å². The molecule has 2 aliphatic heterocycles. The third kappa shape index (κ3) is 3.59. The van der Waals surface area contributed by atoms with Gasteiger partial charge < -0.3 is 24.8 Å². The molecule has 2 bridgehead atoms. The Kier molecular flexibility index (Phi) is 5.14. The molecule has 6 nitrogen and oxygen atoms in total. The van der Waals surface area contributed by atoms with Crippen molar-refractivity contribution in [3.8, 4) is 17.2 Å². The van der Waals surface area contributed by atoms with Crippen molar-refractivity contribution in [3.63, 3.8) is 0 Å². The average molecular weight is 334 g/mol. The number of hydrogen-bond donors (Lipinski definition) is 2. The summed E-state index contributed by atoms with van der Waals surface area (Å²) < 4.78 is 15.9. The van der Waals surface area contributed by atoms with Crippen LogP contribution in [0.15, 0.2) is 12.1 Å². The lowest BCUT2D eigenvalue weighted by atomic mass is 9.89. The zero-order valence-electron chi connectivity index (χ0n) is 14.6. The maximum Gasteiger partial charge on any atom is 0.224 e.